The number of hydrogen-bond acceptors (Lipinski definition) is 4. The summed E-state index contributed by atoms with van der Waals surface area (Å²) in [6.45, 7) is 0.468. The van der Waals surface area contributed by atoms with Crippen molar-refractivity contribution in [2.45, 2.75) is 12.8 Å². The molecule has 1 amide bonds. The lowest BCUT2D eigenvalue weighted by Gasteiger charge is -2.07. The number of carbonyl (C=O) groups is 1. The number of benzene rings is 1. The van der Waals surface area contributed by atoms with Crippen molar-refractivity contribution in [3.8, 4) is 5.75 Å². The predicted molar refractivity (Wildman–Crippen MR) is 69.7 cm³/mol. The van der Waals surface area contributed by atoms with Crippen LogP contribution in [-0.2, 0) is 11.2 Å². The van der Waals surface area contributed by atoms with Crippen molar-refractivity contribution in [2.75, 3.05) is 13.2 Å². The molecule has 0 unspecified atom stereocenters. The lowest BCUT2D eigenvalue weighted by atomic mass is 10.2. The second-order valence-electron chi connectivity index (χ2n) is 4.23. The van der Waals surface area contributed by atoms with Crippen LogP contribution >= 0.6 is 0 Å². The van der Waals surface area contributed by atoms with Crippen molar-refractivity contribution in [3.63, 3.8) is 0 Å². The third kappa shape index (κ3) is 4.72. The molecule has 5 nitrogen and oxygen atoms in total. The van der Waals surface area contributed by atoms with Gasteiger partial charge in [-0.15, -0.1) is 0 Å². The van der Waals surface area contributed by atoms with Gasteiger partial charge in [-0.05, 0) is 37.1 Å². The van der Waals surface area contributed by atoms with E-state index in [1.165, 1.54) is 24.3 Å². The molecule has 106 valence electrons. The average Bonchev–Trinajstić information content (AvgIpc) is 2.96. The second kappa shape index (κ2) is 7.28. The molecule has 2 aromatic rings. The van der Waals surface area contributed by atoms with Crippen molar-refractivity contribution < 1.29 is 18.4 Å². The minimum atomic E-state index is -0.337. The molecule has 1 heterocycles. The van der Waals surface area contributed by atoms with Crippen LogP contribution in [0.2, 0.25) is 0 Å². The highest BCUT2D eigenvalue weighted by atomic mass is 19.1. The molecule has 0 bridgehead atoms. The van der Waals surface area contributed by atoms with E-state index in [1.54, 1.807) is 12.5 Å². The zero-order valence-corrected chi connectivity index (χ0v) is 10.8. The lowest BCUT2D eigenvalue weighted by molar-refractivity contribution is -0.123. The number of carbonyl (C=O) groups excluding carboxylic acids is 1. The van der Waals surface area contributed by atoms with E-state index in [0.717, 1.165) is 18.4 Å². The van der Waals surface area contributed by atoms with Crippen molar-refractivity contribution in [2.24, 2.45) is 0 Å². The first kappa shape index (κ1) is 14.0. The Bertz CT molecular complexity index is 526. The third-order valence-electron chi connectivity index (χ3n) is 2.63. The molecule has 1 aromatic heterocycles. The zero-order chi connectivity index (χ0) is 14.2. The summed E-state index contributed by atoms with van der Waals surface area (Å²) in [5.41, 5.74) is 1.00. The summed E-state index contributed by atoms with van der Waals surface area (Å²) < 4.78 is 22.6. The van der Waals surface area contributed by atoms with Gasteiger partial charge in [0, 0.05) is 12.1 Å². The molecule has 0 aliphatic carbocycles. The van der Waals surface area contributed by atoms with E-state index in [2.05, 4.69) is 10.5 Å². The summed E-state index contributed by atoms with van der Waals surface area (Å²) in [6, 6.07) is 5.53. The molecule has 20 heavy (non-hydrogen) atoms. The van der Waals surface area contributed by atoms with Crippen LogP contribution in [0, 0.1) is 5.82 Å². The molecule has 1 aromatic carbocycles. The Morgan fingerprint density at radius 3 is 2.85 bits per heavy atom. The average molecular weight is 278 g/mol. The molecule has 0 aliphatic heterocycles. The van der Waals surface area contributed by atoms with Crippen molar-refractivity contribution in [1.29, 1.82) is 0 Å². The van der Waals surface area contributed by atoms with Gasteiger partial charge in [-0.2, -0.15) is 0 Å². The highest BCUT2D eigenvalue weighted by Gasteiger charge is 2.03. The Kier molecular flexibility index (Phi) is 5.11. The van der Waals surface area contributed by atoms with Gasteiger partial charge >= 0.3 is 0 Å². The van der Waals surface area contributed by atoms with E-state index in [0.29, 0.717) is 12.3 Å². The largest absolute Gasteiger partial charge is 0.484 e. The Balaban J connectivity index is 1.59. The molecular formula is C14H15FN2O3. The first-order chi connectivity index (χ1) is 9.74. The number of halogens is 1. The summed E-state index contributed by atoms with van der Waals surface area (Å²) in [5.74, 6) is -0.0822. The summed E-state index contributed by atoms with van der Waals surface area (Å²) in [7, 11) is 0. The number of nitrogens with one attached hydrogen (secondary N) is 1. The fourth-order valence-electron chi connectivity index (χ4n) is 1.60. The first-order valence-electron chi connectivity index (χ1n) is 6.27. The Morgan fingerprint density at radius 1 is 1.35 bits per heavy atom. The quantitative estimate of drug-likeness (QED) is 0.786. The highest BCUT2D eigenvalue weighted by molar-refractivity contribution is 5.77. The molecule has 0 atom stereocenters. The van der Waals surface area contributed by atoms with Crippen molar-refractivity contribution in [1.82, 2.24) is 10.5 Å². The fourth-order valence-corrected chi connectivity index (χ4v) is 1.60. The Labute approximate surface area is 115 Å². The smallest absolute Gasteiger partial charge is 0.257 e. The SMILES string of the molecule is O=C(COc1ccc(F)cc1)NCCCc1cnoc1. The predicted octanol–water partition coefficient (Wildman–Crippen LogP) is 1.94. The highest BCUT2D eigenvalue weighted by Crippen LogP contribution is 2.10. The number of aryl methyl sites for hydroxylation is 1. The molecule has 0 saturated carbocycles. The van der Waals surface area contributed by atoms with Gasteiger partial charge in [-0.1, -0.05) is 5.16 Å². The van der Waals surface area contributed by atoms with E-state index in [4.69, 9.17) is 9.26 Å². The van der Waals surface area contributed by atoms with Gasteiger partial charge in [0.05, 0.1) is 6.20 Å². The summed E-state index contributed by atoms with van der Waals surface area (Å²) >= 11 is 0. The van der Waals surface area contributed by atoms with Crippen LogP contribution in [-0.4, -0.2) is 24.2 Å². The number of hydrogen-bond donors (Lipinski definition) is 1. The second-order valence-corrected chi connectivity index (χ2v) is 4.23. The maximum atomic E-state index is 12.7. The minimum absolute atomic E-state index is 0.0844. The van der Waals surface area contributed by atoms with Crippen LogP contribution in [0.3, 0.4) is 0 Å². The topological polar surface area (TPSA) is 64.4 Å². The molecule has 6 heteroatoms. The Hall–Kier alpha value is -2.37. The minimum Gasteiger partial charge on any atom is -0.484 e. The number of ether oxygens (including phenoxy) is 1. The molecule has 1 N–H and O–H groups in total. The fraction of sp³-hybridized carbons (Fsp3) is 0.286. The van der Waals surface area contributed by atoms with Gasteiger partial charge in [0.1, 0.15) is 17.8 Å². The van der Waals surface area contributed by atoms with Crippen LogP contribution in [0.25, 0.3) is 0 Å². The van der Waals surface area contributed by atoms with Crippen LogP contribution < -0.4 is 10.1 Å². The van der Waals surface area contributed by atoms with Gasteiger partial charge in [0.15, 0.2) is 6.61 Å². The van der Waals surface area contributed by atoms with Crippen LogP contribution in [0.1, 0.15) is 12.0 Å². The summed E-state index contributed by atoms with van der Waals surface area (Å²) in [5, 5.41) is 6.33. The number of nitrogens with zero attached hydrogens (tertiary/aromatic N) is 1. The zero-order valence-electron chi connectivity index (χ0n) is 10.8. The Morgan fingerprint density at radius 2 is 2.15 bits per heavy atom. The molecular weight excluding hydrogens is 263 g/mol. The number of amides is 1. The molecule has 0 aliphatic rings. The van der Waals surface area contributed by atoms with E-state index in [1.807, 2.05) is 0 Å². The van der Waals surface area contributed by atoms with Crippen LogP contribution in [0.4, 0.5) is 4.39 Å². The number of aromatic nitrogens is 1. The summed E-state index contributed by atoms with van der Waals surface area (Å²) in [4.78, 5) is 11.5. The van der Waals surface area contributed by atoms with Gasteiger partial charge in [0.25, 0.3) is 5.91 Å². The maximum absolute atomic E-state index is 12.7. The molecule has 0 saturated heterocycles. The normalized spacial score (nSPS) is 10.2. The van der Waals surface area contributed by atoms with Gasteiger partial charge in [-0.3, -0.25) is 4.79 Å². The van der Waals surface area contributed by atoms with E-state index < -0.39 is 0 Å². The van der Waals surface area contributed by atoms with Crippen molar-refractivity contribution >= 4 is 5.91 Å². The van der Waals surface area contributed by atoms with Crippen molar-refractivity contribution in [3.05, 3.63) is 48.1 Å². The standard InChI is InChI=1S/C14H15FN2O3/c15-12-3-5-13(6-4-12)19-10-14(18)16-7-1-2-11-8-17-20-9-11/h3-6,8-9H,1-2,7,10H2,(H,16,18). The molecule has 2 rings (SSSR count). The molecule has 0 fully saturated rings. The van der Waals surface area contributed by atoms with E-state index in [9.17, 15) is 9.18 Å². The lowest BCUT2D eigenvalue weighted by Crippen LogP contribution is -2.29. The number of rotatable bonds is 7. The van der Waals surface area contributed by atoms with Gasteiger partial charge in [0.2, 0.25) is 0 Å². The van der Waals surface area contributed by atoms with Crippen LogP contribution in [0.15, 0.2) is 41.2 Å². The molecule has 0 radical (unpaired) electrons. The van der Waals surface area contributed by atoms with Gasteiger partial charge in [-0.25, -0.2) is 4.39 Å². The monoisotopic (exact) mass is 278 g/mol. The van der Waals surface area contributed by atoms with E-state index >= 15 is 0 Å². The first-order valence-corrected chi connectivity index (χ1v) is 6.27. The third-order valence-corrected chi connectivity index (χ3v) is 2.63. The molecule has 0 spiro atoms. The van der Waals surface area contributed by atoms with Crippen LogP contribution in [0.5, 0.6) is 5.75 Å². The maximum Gasteiger partial charge on any atom is 0.257 e. The van der Waals surface area contributed by atoms with E-state index in [-0.39, 0.29) is 18.3 Å². The summed E-state index contributed by atoms with van der Waals surface area (Å²) in [6.07, 6.45) is 4.82. The van der Waals surface area contributed by atoms with Gasteiger partial charge < -0.3 is 14.6 Å².